The third kappa shape index (κ3) is 3.75. The summed E-state index contributed by atoms with van der Waals surface area (Å²) < 4.78 is 5.43. The first kappa shape index (κ1) is 19.9. The van der Waals surface area contributed by atoms with Gasteiger partial charge in [0, 0.05) is 12.5 Å². The summed E-state index contributed by atoms with van der Waals surface area (Å²) in [6, 6.07) is 15.3. The van der Waals surface area contributed by atoms with Crippen molar-refractivity contribution < 1.29 is 24.2 Å². The number of carbonyl (C=O) groups is 3. The Bertz CT molecular complexity index is 953. The fourth-order valence-electron chi connectivity index (χ4n) is 3.91. The maximum Gasteiger partial charge on any atom is 0.407 e. The van der Waals surface area contributed by atoms with E-state index in [2.05, 4.69) is 22.8 Å². The largest absolute Gasteiger partial charge is 0.481 e. The smallest absolute Gasteiger partial charge is 0.407 e. The molecule has 0 bridgehead atoms. The van der Waals surface area contributed by atoms with Crippen molar-refractivity contribution in [3.8, 4) is 11.1 Å². The Kier molecular flexibility index (Phi) is 5.20. The number of rotatable bonds is 7. The number of benzene rings is 2. The molecule has 0 spiro atoms. The van der Waals surface area contributed by atoms with E-state index in [0.29, 0.717) is 12.8 Å². The van der Waals surface area contributed by atoms with E-state index < -0.39 is 29.4 Å². The quantitative estimate of drug-likeness (QED) is 0.653. The predicted molar refractivity (Wildman–Crippen MR) is 110 cm³/mol. The normalized spacial score (nSPS) is 16.7. The highest BCUT2D eigenvalue weighted by molar-refractivity contribution is 5.86. The molecule has 30 heavy (non-hydrogen) atoms. The minimum Gasteiger partial charge on any atom is -0.481 e. The number of aliphatic carboxylic acids is 1. The molecular weight excluding hydrogens is 384 g/mol. The molecule has 2 aliphatic rings. The lowest BCUT2D eigenvalue weighted by molar-refractivity contribution is -0.143. The number of ether oxygens (including phenoxy) is 1. The number of carboxylic acids is 1. The van der Waals surface area contributed by atoms with E-state index >= 15 is 0 Å². The van der Waals surface area contributed by atoms with Gasteiger partial charge in [-0.05, 0) is 42.0 Å². The molecule has 1 fully saturated rings. The number of nitrogens with one attached hydrogen (secondary N) is 2. The van der Waals surface area contributed by atoms with Crippen molar-refractivity contribution in [2.45, 2.75) is 31.7 Å². The summed E-state index contributed by atoms with van der Waals surface area (Å²) >= 11 is 0. The van der Waals surface area contributed by atoms with Crippen LogP contribution in [0.25, 0.3) is 11.1 Å². The van der Waals surface area contributed by atoms with Gasteiger partial charge >= 0.3 is 12.1 Å². The molecule has 2 amide bonds. The minimum absolute atomic E-state index is 0.0578. The fraction of sp³-hybridized carbons (Fsp3) is 0.348. The number of hydrogen-bond donors (Lipinski definition) is 3. The van der Waals surface area contributed by atoms with Gasteiger partial charge in [0.25, 0.3) is 0 Å². The maximum absolute atomic E-state index is 12.3. The summed E-state index contributed by atoms with van der Waals surface area (Å²) in [4.78, 5) is 35.6. The highest BCUT2D eigenvalue weighted by Crippen LogP contribution is 2.45. The van der Waals surface area contributed by atoms with E-state index in [-0.39, 0.29) is 19.1 Å². The van der Waals surface area contributed by atoms with E-state index in [4.69, 9.17) is 4.74 Å². The number of carbonyl (C=O) groups excluding carboxylic acids is 2. The Hall–Kier alpha value is -3.35. The standard InChI is InChI=1S/C23H24N2O5/c1-14(20(26)24-13-23(10-11-23)21(27)28)25-22(29)30-12-19-17-8-4-2-6-15(17)16-7-3-5-9-18(16)19/h2-9,14,19H,10-13H2,1H3,(H,24,26)(H,25,29)(H,27,28)/t14-/m1/s1. The van der Waals surface area contributed by atoms with Crippen LogP contribution in [0.3, 0.4) is 0 Å². The van der Waals surface area contributed by atoms with E-state index in [1.165, 1.54) is 6.92 Å². The van der Waals surface area contributed by atoms with Gasteiger partial charge in [-0.25, -0.2) is 4.79 Å². The Morgan fingerprint density at radius 1 is 1.07 bits per heavy atom. The summed E-state index contributed by atoms with van der Waals surface area (Å²) in [5.41, 5.74) is 3.66. The molecule has 1 atom stereocenters. The van der Waals surface area contributed by atoms with Crippen LogP contribution in [0.2, 0.25) is 0 Å². The Morgan fingerprint density at radius 3 is 2.17 bits per heavy atom. The molecule has 1 saturated carbocycles. The van der Waals surface area contributed by atoms with Crippen molar-refractivity contribution in [3.05, 3.63) is 59.7 Å². The third-order valence-electron chi connectivity index (χ3n) is 5.98. The van der Waals surface area contributed by atoms with E-state index in [1.54, 1.807) is 0 Å². The molecule has 3 N–H and O–H groups in total. The fourth-order valence-corrected chi connectivity index (χ4v) is 3.91. The molecule has 0 saturated heterocycles. The van der Waals surface area contributed by atoms with Crippen molar-refractivity contribution in [2.75, 3.05) is 13.2 Å². The molecule has 7 nitrogen and oxygen atoms in total. The van der Waals surface area contributed by atoms with Crippen LogP contribution in [0.15, 0.2) is 48.5 Å². The number of carboxylic acid groups (broad SMARTS) is 1. The Balaban J connectivity index is 1.32. The second kappa shape index (κ2) is 7.82. The van der Waals surface area contributed by atoms with Crippen LogP contribution < -0.4 is 10.6 Å². The molecular formula is C23H24N2O5. The van der Waals surface area contributed by atoms with Gasteiger partial charge in [-0.2, -0.15) is 0 Å². The van der Waals surface area contributed by atoms with E-state index in [0.717, 1.165) is 22.3 Å². The summed E-state index contributed by atoms with van der Waals surface area (Å²) in [5.74, 6) is -1.39. The third-order valence-corrected chi connectivity index (χ3v) is 5.98. The molecule has 2 aromatic rings. The zero-order valence-electron chi connectivity index (χ0n) is 16.7. The average Bonchev–Trinajstić information content (AvgIpc) is 3.48. The molecule has 156 valence electrons. The molecule has 0 aromatic heterocycles. The predicted octanol–water partition coefficient (Wildman–Crippen LogP) is 2.89. The minimum atomic E-state index is -0.903. The molecule has 4 rings (SSSR count). The van der Waals surface area contributed by atoms with Gasteiger partial charge in [-0.15, -0.1) is 0 Å². The lowest BCUT2D eigenvalue weighted by atomic mass is 9.98. The number of alkyl carbamates (subject to hydrolysis) is 1. The first-order valence-corrected chi connectivity index (χ1v) is 10.0. The van der Waals surface area contributed by atoms with Crippen LogP contribution in [0.1, 0.15) is 36.8 Å². The van der Waals surface area contributed by atoms with Gasteiger partial charge in [0.15, 0.2) is 0 Å². The molecule has 2 aliphatic carbocycles. The van der Waals surface area contributed by atoms with Crippen molar-refractivity contribution in [1.29, 1.82) is 0 Å². The maximum atomic E-state index is 12.3. The van der Waals surface area contributed by atoms with Crippen LogP contribution >= 0.6 is 0 Å². The van der Waals surface area contributed by atoms with Gasteiger partial charge in [0.05, 0.1) is 5.41 Å². The van der Waals surface area contributed by atoms with Crippen molar-refractivity contribution in [2.24, 2.45) is 5.41 Å². The zero-order valence-corrected chi connectivity index (χ0v) is 16.7. The zero-order chi connectivity index (χ0) is 21.3. The van der Waals surface area contributed by atoms with Gasteiger partial charge in [0.1, 0.15) is 12.6 Å². The van der Waals surface area contributed by atoms with Crippen LogP contribution in [-0.2, 0) is 14.3 Å². The number of hydrogen-bond acceptors (Lipinski definition) is 4. The van der Waals surface area contributed by atoms with Gasteiger partial charge in [-0.1, -0.05) is 48.5 Å². The van der Waals surface area contributed by atoms with Gasteiger partial charge < -0.3 is 20.5 Å². The van der Waals surface area contributed by atoms with Crippen LogP contribution in [0, 0.1) is 5.41 Å². The molecule has 2 aromatic carbocycles. The topological polar surface area (TPSA) is 105 Å². The number of fused-ring (bicyclic) bond motifs is 3. The Morgan fingerprint density at radius 2 is 1.63 bits per heavy atom. The molecule has 7 heteroatoms. The second-order valence-corrected chi connectivity index (χ2v) is 7.99. The first-order chi connectivity index (χ1) is 14.4. The summed E-state index contributed by atoms with van der Waals surface area (Å²) in [6.45, 7) is 1.77. The van der Waals surface area contributed by atoms with Crippen LogP contribution in [0.4, 0.5) is 4.79 Å². The first-order valence-electron chi connectivity index (χ1n) is 10.0. The van der Waals surface area contributed by atoms with E-state index in [1.807, 2.05) is 36.4 Å². The van der Waals surface area contributed by atoms with Crippen molar-refractivity contribution >= 4 is 18.0 Å². The van der Waals surface area contributed by atoms with Gasteiger partial charge in [-0.3, -0.25) is 9.59 Å². The monoisotopic (exact) mass is 408 g/mol. The van der Waals surface area contributed by atoms with Crippen molar-refractivity contribution in [3.63, 3.8) is 0 Å². The SMILES string of the molecule is C[C@@H](NC(=O)OCC1c2ccccc2-c2ccccc21)C(=O)NCC1(C(=O)O)CC1. The summed E-state index contributed by atoms with van der Waals surface area (Å²) in [7, 11) is 0. The molecule has 0 aliphatic heterocycles. The lowest BCUT2D eigenvalue weighted by Gasteiger charge is -2.18. The Labute approximate surface area is 174 Å². The second-order valence-electron chi connectivity index (χ2n) is 7.99. The molecule has 0 radical (unpaired) electrons. The molecule has 0 heterocycles. The van der Waals surface area contributed by atoms with Gasteiger partial charge in [0.2, 0.25) is 5.91 Å². The van der Waals surface area contributed by atoms with Crippen molar-refractivity contribution in [1.82, 2.24) is 10.6 Å². The summed E-state index contributed by atoms with van der Waals surface area (Å²) in [5, 5.41) is 14.3. The van der Waals surface area contributed by atoms with E-state index in [9.17, 15) is 19.5 Å². The highest BCUT2D eigenvalue weighted by Gasteiger charge is 2.50. The van der Waals surface area contributed by atoms with Crippen LogP contribution in [-0.4, -0.2) is 42.3 Å². The average molecular weight is 408 g/mol. The molecule has 0 unspecified atom stereocenters. The highest BCUT2D eigenvalue weighted by atomic mass is 16.5. The lowest BCUT2D eigenvalue weighted by Crippen LogP contribution is -2.47. The number of amides is 2. The summed E-state index contributed by atoms with van der Waals surface area (Å²) in [6.07, 6.45) is 0.423. The van der Waals surface area contributed by atoms with Crippen LogP contribution in [0.5, 0.6) is 0 Å².